The van der Waals surface area contributed by atoms with Crippen molar-refractivity contribution in [1.82, 2.24) is 16.0 Å². The highest BCUT2D eigenvalue weighted by Gasteiger charge is 2.10. The molecule has 164 valence electrons. The number of amides is 1. The Balaban J connectivity index is 0.00000450. The fourth-order valence-electron chi connectivity index (χ4n) is 2.64. The Labute approximate surface area is 194 Å². The number of rotatable bonds is 8. The number of nitrogens with zero attached hydrogens (tertiary/aromatic N) is 1. The Morgan fingerprint density at radius 1 is 1.17 bits per heavy atom. The summed E-state index contributed by atoms with van der Waals surface area (Å²) in [6.07, 6.45) is 0. The first kappa shape index (κ1) is 25.7. The van der Waals surface area contributed by atoms with Crippen molar-refractivity contribution in [1.29, 1.82) is 0 Å². The van der Waals surface area contributed by atoms with E-state index >= 15 is 0 Å². The van der Waals surface area contributed by atoms with Crippen LogP contribution in [0.15, 0.2) is 47.5 Å². The normalized spacial score (nSPS) is 11.8. The van der Waals surface area contributed by atoms with Crippen molar-refractivity contribution >= 4 is 35.8 Å². The van der Waals surface area contributed by atoms with E-state index in [0.29, 0.717) is 24.6 Å². The fourth-order valence-corrected chi connectivity index (χ4v) is 2.64. The number of ether oxygens (including phenoxy) is 1. The van der Waals surface area contributed by atoms with Gasteiger partial charge in [0.05, 0.1) is 13.2 Å². The molecule has 2 aromatic carbocycles. The summed E-state index contributed by atoms with van der Waals surface area (Å²) in [7, 11) is 1.61. The minimum absolute atomic E-state index is 0. The summed E-state index contributed by atoms with van der Waals surface area (Å²) < 4.78 is 18.9. The van der Waals surface area contributed by atoms with Crippen molar-refractivity contribution in [3.63, 3.8) is 0 Å². The number of benzene rings is 2. The zero-order valence-corrected chi connectivity index (χ0v) is 20.1. The van der Waals surface area contributed by atoms with Crippen LogP contribution in [0.1, 0.15) is 36.6 Å². The highest BCUT2D eigenvalue weighted by molar-refractivity contribution is 14.0. The van der Waals surface area contributed by atoms with E-state index in [1.807, 2.05) is 44.2 Å². The predicted octanol–water partition coefficient (Wildman–Crippen LogP) is 3.69. The van der Waals surface area contributed by atoms with Gasteiger partial charge in [-0.05, 0) is 55.7 Å². The summed E-state index contributed by atoms with van der Waals surface area (Å²) in [6.45, 7) is 6.64. The fraction of sp³-hybridized carbons (Fsp3) is 0.364. The van der Waals surface area contributed by atoms with Gasteiger partial charge in [-0.2, -0.15) is 0 Å². The Hall–Kier alpha value is -2.36. The van der Waals surface area contributed by atoms with Crippen molar-refractivity contribution in [3.05, 3.63) is 65.0 Å². The van der Waals surface area contributed by atoms with Crippen LogP contribution >= 0.6 is 24.0 Å². The maximum Gasteiger partial charge on any atom is 0.242 e. The molecule has 8 heteroatoms. The largest absolute Gasteiger partial charge is 0.497 e. The Morgan fingerprint density at radius 2 is 1.87 bits per heavy atom. The molecule has 0 aliphatic rings. The maximum atomic E-state index is 13.8. The second-order valence-electron chi connectivity index (χ2n) is 6.69. The van der Waals surface area contributed by atoms with Gasteiger partial charge in [-0.1, -0.05) is 24.3 Å². The Bertz CT molecular complexity index is 844. The molecule has 0 heterocycles. The zero-order valence-electron chi connectivity index (χ0n) is 17.8. The number of aliphatic imine (C=N–C) groups is 1. The molecule has 2 rings (SSSR count). The highest BCUT2D eigenvalue weighted by atomic mass is 127. The van der Waals surface area contributed by atoms with Gasteiger partial charge in [0.25, 0.3) is 0 Å². The number of halogens is 2. The lowest BCUT2D eigenvalue weighted by Gasteiger charge is -2.18. The maximum absolute atomic E-state index is 13.8. The lowest BCUT2D eigenvalue weighted by molar-refractivity contribution is -0.119. The van der Waals surface area contributed by atoms with Gasteiger partial charge in [-0.25, -0.2) is 9.38 Å². The van der Waals surface area contributed by atoms with E-state index in [4.69, 9.17) is 4.74 Å². The smallest absolute Gasteiger partial charge is 0.242 e. The van der Waals surface area contributed by atoms with Crippen LogP contribution in [-0.2, 0) is 11.3 Å². The number of hydrogen-bond acceptors (Lipinski definition) is 3. The third kappa shape index (κ3) is 8.17. The van der Waals surface area contributed by atoms with Gasteiger partial charge in [-0.15, -0.1) is 24.0 Å². The topological polar surface area (TPSA) is 74.8 Å². The number of carbonyl (C=O) groups excluding carboxylic acids is 1. The number of methoxy groups -OCH3 is 1. The number of nitrogens with one attached hydrogen (secondary N) is 3. The number of hydrogen-bond donors (Lipinski definition) is 3. The molecule has 1 unspecified atom stereocenters. The minimum atomic E-state index is -0.240. The van der Waals surface area contributed by atoms with Gasteiger partial charge in [0, 0.05) is 13.1 Å². The van der Waals surface area contributed by atoms with E-state index in [9.17, 15) is 9.18 Å². The number of guanidine groups is 1. The molecule has 0 fully saturated rings. The minimum Gasteiger partial charge on any atom is -0.497 e. The Morgan fingerprint density at radius 3 is 2.47 bits per heavy atom. The first-order valence-corrected chi connectivity index (χ1v) is 9.63. The number of carbonyl (C=O) groups is 1. The lowest BCUT2D eigenvalue weighted by Crippen LogP contribution is -2.39. The second-order valence-corrected chi connectivity index (χ2v) is 6.69. The molecule has 0 aromatic heterocycles. The van der Waals surface area contributed by atoms with Crippen molar-refractivity contribution in [2.45, 2.75) is 33.4 Å². The van der Waals surface area contributed by atoms with Crippen molar-refractivity contribution in [2.75, 3.05) is 20.2 Å². The van der Waals surface area contributed by atoms with Crippen LogP contribution in [0, 0.1) is 12.7 Å². The first-order valence-electron chi connectivity index (χ1n) is 9.63. The third-order valence-electron chi connectivity index (χ3n) is 4.42. The molecule has 2 aromatic rings. The van der Waals surface area contributed by atoms with Crippen LogP contribution in [0.25, 0.3) is 0 Å². The summed E-state index contributed by atoms with van der Waals surface area (Å²) in [5.74, 6) is 0.845. The van der Waals surface area contributed by atoms with Gasteiger partial charge in [-0.3, -0.25) is 4.79 Å². The summed E-state index contributed by atoms with van der Waals surface area (Å²) in [6, 6.07) is 12.5. The molecule has 6 nitrogen and oxygen atoms in total. The van der Waals surface area contributed by atoms with Crippen LogP contribution in [0.4, 0.5) is 4.39 Å². The standard InChI is InChI=1S/C22H29FN4O2.HI/c1-5-24-22(27-16(3)18-9-6-15(2)20(23)12-18)26-14-21(28)25-13-17-7-10-19(29-4)11-8-17;/h6-12,16H,5,13-14H2,1-4H3,(H,25,28)(H2,24,26,27);1H. The first-order chi connectivity index (χ1) is 13.9. The van der Waals surface area contributed by atoms with Crippen LogP contribution in [-0.4, -0.2) is 32.1 Å². The lowest BCUT2D eigenvalue weighted by atomic mass is 10.1. The van der Waals surface area contributed by atoms with Crippen LogP contribution < -0.4 is 20.7 Å². The molecule has 1 atom stereocenters. The highest BCUT2D eigenvalue weighted by Crippen LogP contribution is 2.16. The molecule has 0 bridgehead atoms. The van der Waals surface area contributed by atoms with E-state index in [1.165, 1.54) is 6.07 Å². The van der Waals surface area contributed by atoms with Crippen LogP contribution in [0.3, 0.4) is 0 Å². The molecule has 30 heavy (non-hydrogen) atoms. The van der Waals surface area contributed by atoms with Gasteiger partial charge in [0.2, 0.25) is 5.91 Å². The van der Waals surface area contributed by atoms with E-state index in [-0.39, 0.29) is 48.3 Å². The average Bonchev–Trinajstić information content (AvgIpc) is 2.72. The quantitative estimate of drug-likeness (QED) is 0.278. The van der Waals surface area contributed by atoms with Crippen LogP contribution in [0.2, 0.25) is 0 Å². The Kier molecular flexibility index (Phi) is 11.2. The zero-order chi connectivity index (χ0) is 21.2. The van der Waals surface area contributed by atoms with E-state index in [1.54, 1.807) is 20.1 Å². The molecule has 0 saturated carbocycles. The molecular weight excluding hydrogens is 498 g/mol. The molecule has 0 aliphatic heterocycles. The van der Waals surface area contributed by atoms with Crippen molar-refractivity contribution < 1.29 is 13.9 Å². The molecule has 3 N–H and O–H groups in total. The average molecular weight is 528 g/mol. The van der Waals surface area contributed by atoms with Gasteiger partial charge >= 0.3 is 0 Å². The van der Waals surface area contributed by atoms with Crippen molar-refractivity contribution in [3.8, 4) is 5.75 Å². The monoisotopic (exact) mass is 528 g/mol. The van der Waals surface area contributed by atoms with E-state index in [0.717, 1.165) is 16.9 Å². The molecule has 0 aliphatic carbocycles. The van der Waals surface area contributed by atoms with E-state index in [2.05, 4.69) is 20.9 Å². The molecule has 0 saturated heterocycles. The summed E-state index contributed by atoms with van der Waals surface area (Å²) >= 11 is 0. The molecule has 0 spiro atoms. The molecule has 0 radical (unpaired) electrons. The van der Waals surface area contributed by atoms with Crippen LogP contribution in [0.5, 0.6) is 5.75 Å². The third-order valence-corrected chi connectivity index (χ3v) is 4.42. The molecule has 1 amide bonds. The van der Waals surface area contributed by atoms with Gasteiger partial charge < -0.3 is 20.7 Å². The van der Waals surface area contributed by atoms with E-state index < -0.39 is 0 Å². The SMILES string of the molecule is CCNC(=NCC(=O)NCc1ccc(OC)cc1)NC(C)c1ccc(C)c(F)c1.I. The van der Waals surface area contributed by atoms with Gasteiger partial charge in [0.1, 0.15) is 18.1 Å². The molecular formula is C22H30FIN4O2. The summed E-state index contributed by atoms with van der Waals surface area (Å²) in [4.78, 5) is 16.5. The second kappa shape index (κ2) is 13.0. The van der Waals surface area contributed by atoms with Gasteiger partial charge in [0.15, 0.2) is 5.96 Å². The number of aryl methyl sites for hydroxylation is 1. The van der Waals surface area contributed by atoms with Crippen molar-refractivity contribution in [2.24, 2.45) is 4.99 Å². The predicted molar refractivity (Wildman–Crippen MR) is 129 cm³/mol. The summed E-state index contributed by atoms with van der Waals surface area (Å²) in [5, 5.41) is 9.14. The summed E-state index contributed by atoms with van der Waals surface area (Å²) in [5.41, 5.74) is 2.39.